The second kappa shape index (κ2) is 5.50. The van der Waals surface area contributed by atoms with Gasteiger partial charge in [0.15, 0.2) is 0 Å². The van der Waals surface area contributed by atoms with Gasteiger partial charge in [0.2, 0.25) is 0 Å². The highest BCUT2D eigenvalue weighted by Gasteiger charge is 2.11. The fraction of sp³-hybridized carbons (Fsp3) is 0.0625. The zero-order valence-electron chi connectivity index (χ0n) is 11.3. The number of benzene rings is 2. The van der Waals surface area contributed by atoms with Crippen molar-refractivity contribution in [2.75, 3.05) is 11.1 Å². The maximum atomic E-state index is 12.3. The minimum Gasteiger partial charge on any atom is -0.399 e. The van der Waals surface area contributed by atoms with E-state index in [0.29, 0.717) is 10.6 Å². The maximum absolute atomic E-state index is 12.3. The molecule has 21 heavy (non-hydrogen) atoms. The lowest BCUT2D eigenvalue weighted by Crippen LogP contribution is -2.10. The Labute approximate surface area is 134 Å². The molecule has 3 rings (SSSR count). The first-order chi connectivity index (χ1) is 10.0. The molecule has 0 saturated heterocycles. The number of amides is 1. The lowest BCUT2D eigenvalue weighted by atomic mass is 10.2. The standard InChI is InChI=1S/C16H13BrN2OS/c1-9-4-11(17)8-13(5-9)19-16(20)15-7-10-6-12(18)2-3-14(10)21-15/h2-8H,18H2,1H3,(H,19,20). The average Bonchev–Trinajstić information content (AvgIpc) is 2.80. The number of nitrogens with one attached hydrogen (secondary N) is 1. The van der Waals surface area contributed by atoms with Crippen molar-refractivity contribution in [3.05, 3.63) is 57.4 Å². The Hall–Kier alpha value is -1.85. The number of anilines is 2. The van der Waals surface area contributed by atoms with Crippen LogP contribution in [0.3, 0.4) is 0 Å². The van der Waals surface area contributed by atoms with E-state index in [2.05, 4.69) is 21.2 Å². The summed E-state index contributed by atoms with van der Waals surface area (Å²) in [5.74, 6) is -0.104. The van der Waals surface area contributed by atoms with E-state index in [-0.39, 0.29) is 5.91 Å². The molecule has 0 aliphatic carbocycles. The smallest absolute Gasteiger partial charge is 0.265 e. The van der Waals surface area contributed by atoms with Gasteiger partial charge in [-0.15, -0.1) is 11.3 Å². The Balaban J connectivity index is 1.89. The Bertz CT molecular complexity index is 821. The van der Waals surface area contributed by atoms with Gasteiger partial charge in [0.1, 0.15) is 0 Å². The van der Waals surface area contributed by atoms with Crippen LogP contribution in [0.4, 0.5) is 11.4 Å². The molecule has 0 saturated carbocycles. The number of hydrogen-bond acceptors (Lipinski definition) is 3. The number of thiophene rings is 1. The zero-order valence-corrected chi connectivity index (χ0v) is 13.7. The molecule has 2 aromatic carbocycles. The molecule has 0 fully saturated rings. The minimum atomic E-state index is -0.104. The number of nitrogens with two attached hydrogens (primary N) is 1. The van der Waals surface area contributed by atoms with Gasteiger partial charge in [-0.2, -0.15) is 0 Å². The zero-order chi connectivity index (χ0) is 15.0. The van der Waals surface area contributed by atoms with Gasteiger partial charge in [-0.05, 0) is 60.3 Å². The van der Waals surface area contributed by atoms with Crippen molar-refractivity contribution in [1.29, 1.82) is 0 Å². The molecule has 3 nitrogen and oxygen atoms in total. The number of carbonyl (C=O) groups excluding carboxylic acids is 1. The Morgan fingerprint density at radius 2 is 2.00 bits per heavy atom. The first-order valence-electron chi connectivity index (χ1n) is 6.39. The second-order valence-electron chi connectivity index (χ2n) is 4.88. The number of hydrogen-bond donors (Lipinski definition) is 2. The van der Waals surface area contributed by atoms with Crippen LogP contribution in [-0.4, -0.2) is 5.91 Å². The average molecular weight is 361 g/mol. The SMILES string of the molecule is Cc1cc(Br)cc(NC(=O)c2cc3cc(N)ccc3s2)c1. The molecule has 106 valence electrons. The molecule has 5 heteroatoms. The van der Waals surface area contributed by atoms with E-state index >= 15 is 0 Å². The van der Waals surface area contributed by atoms with E-state index in [4.69, 9.17) is 5.73 Å². The molecule has 0 unspecified atom stereocenters. The summed E-state index contributed by atoms with van der Waals surface area (Å²) in [6.07, 6.45) is 0. The Kier molecular flexibility index (Phi) is 3.69. The largest absolute Gasteiger partial charge is 0.399 e. The van der Waals surface area contributed by atoms with Gasteiger partial charge in [-0.1, -0.05) is 15.9 Å². The summed E-state index contributed by atoms with van der Waals surface area (Å²) in [6.45, 7) is 1.99. The fourth-order valence-corrected chi connectivity index (χ4v) is 3.72. The third-order valence-electron chi connectivity index (χ3n) is 3.06. The van der Waals surface area contributed by atoms with Crippen molar-refractivity contribution in [3.63, 3.8) is 0 Å². The van der Waals surface area contributed by atoms with Gasteiger partial charge < -0.3 is 11.1 Å². The fourth-order valence-electron chi connectivity index (χ4n) is 2.17. The predicted octanol–water partition coefficient (Wildman–Crippen LogP) is 4.81. The molecule has 0 aliphatic rings. The molecular weight excluding hydrogens is 348 g/mol. The summed E-state index contributed by atoms with van der Waals surface area (Å²) in [7, 11) is 0. The van der Waals surface area contributed by atoms with E-state index in [1.807, 2.05) is 49.4 Å². The van der Waals surface area contributed by atoms with Crippen LogP contribution >= 0.6 is 27.3 Å². The van der Waals surface area contributed by atoms with E-state index in [0.717, 1.165) is 25.8 Å². The van der Waals surface area contributed by atoms with Crippen LogP contribution in [0.25, 0.3) is 10.1 Å². The highest BCUT2D eigenvalue weighted by molar-refractivity contribution is 9.10. The van der Waals surface area contributed by atoms with Gasteiger partial charge in [0.05, 0.1) is 4.88 Å². The number of carbonyl (C=O) groups is 1. The summed E-state index contributed by atoms with van der Waals surface area (Å²) in [4.78, 5) is 13.0. The molecule has 1 amide bonds. The number of aryl methyl sites for hydroxylation is 1. The molecule has 0 radical (unpaired) electrons. The van der Waals surface area contributed by atoms with Crippen molar-refractivity contribution < 1.29 is 4.79 Å². The molecule has 1 heterocycles. The Morgan fingerprint density at radius 1 is 1.19 bits per heavy atom. The first kappa shape index (κ1) is 14.1. The van der Waals surface area contributed by atoms with Crippen molar-refractivity contribution in [2.24, 2.45) is 0 Å². The molecule has 3 aromatic rings. The van der Waals surface area contributed by atoms with Crippen LogP contribution in [0.15, 0.2) is 46.9 Å². The maximum Gasteiger partial charge on any atom is 0.265 e. The lowest BCUT2D eigenvalue weighted by Gasteiger charge is -2.05. The quantitative estimate of drug-likeness (QED) is 0.644. The third-order valence-corrected chi connectivity index (χ3v) is 4.64. The van der Waals surface area contributed by atoms with Crippen molar-refractivity contribution >= 4 is 54.6 Å². The molecule has 0 spiro atoms. The number of halogens is 1. The van der Waals surface area contributed by atoms with E-state index < -0.39 is 0 Å². The first-order valence-corrected chi connectivity index (χ1v) is 8.00. The van der Waals surface area contributed by atoms with Crippen molar-refractivity contribution in [2.45, 2.75) is 6.92 Å². The molecule has 1 aromatic heterocycles. The number of rotatable bonds is 2. The minimum absolute atomic E-state index is 0.104. The summed E-state index contributed by atoms with van der Waals surface area (Å²) >= 11 is 4.90. The Morgan fingerprint density at radius 3 is 2.76 bits per heavy atom. The highest BCUT2D eigenvalue weighted by atomic mass is 79.9. The molecule has 0 atom stereocenters. The van der Waals surface area contributed by atoms with Crippen LogP contribution in [0.1, 0.15) is 15.2 Å². The van der Waals surface area contributed by atoms with Crippen LogP contribution in [0.5, 0.6) is 0 Å². The monoisotopic (exact) mass is 360 g/mol. The van der Waals surface area contributed by atoms with Crippen molar-refractivity contribution in [1.82, 2.24) is 0 Å². The normalized spacial score (nSPS) is 10.8. The number of fused-ring (bicyclic) bond motifs is 1. The van der Waals surface area contributed by atoms with E-state index in [1.165, 1.54) is 11.3 Å². The summed E-state index contributed by atoms with van der Waals surface area (Å²) in [5.41, 5.74) is 8.34. The summed E-state index contributed by atoms with van der Waals surface area (Å²) < 4.78 is 2.00. The second-order valence-corrected chi connectivity index (χ2v) is 6.88. The van der Waals surface area contributed by atoms with E-state index in [9.17, 15) is 4.79 Å². The molecule has 3 N–H and O–H groups in total. The van der Waals surface area contributed by atoms with Crippen LogP contribution in [0, 0.1) is 6.92 Å². The third kappa shape index (κ3) is 3.09. The van der Waals surface area contributed by atoms with Crippen LogP contribution in [0.2, 0.25) is 0 Å². The van der Waals surface area contributed by atoms with Crippen LogP contribution < -0.4 is 11.1 Å². The highest BCUT2D eigenvalue weighted by Crippen LogP contribution is 2.28. The molecule has 0 aliphatic heterocycles. The lowest BCUT2D eigenvalue weighted by molar-refractivity contribution is 0.103. The number of nitrogen functional groups attached to an aromatic ring is 1. The predicted molar refractivity (Wildman–Crippen MR) is 93.1 cm³/mol. The van der Waals surface area contributed by atoms with Gasteiger partial charge in [0, 0.05) is 20.5 Å². The molecule has 0 bridgehead atoms. The molecular formula is C16H13BrN2OS. The van der Waals surface area contributed by atoms with Crippen molar-refractivity contribution in [3.8, 4) is 0 Å². The summed E-state index contributed by atoms with van der Waals surface area (Å²) in [5, 5.41) is 3.92. The van der Waals surface area contributed by atoms with Gasteiger partial charge in [-0.3, -0.25) is 4.79 Å². The van der Waals surface area contributed by atoms with Gasteiger partial charge in [-0.25, -0.2) is 0 Å². The topological polar surface area (TPSA) is 55.1 Å². The van der Waals surface area contributed by atoms with Crippen LogP contribution in [-0.2, 0) is 0 Å². The van der Waals surface area contributed by atoms with Gasteiger partial charge in [0.25, 0.3) is 5.91 Å². The van der Waals surface area contributed by atoms with Gasteiger partial charge >= 0.3 is 0 Å². The van der Waals surface area contributed by atoms with E-state index in [1.54, 1.807) is 0 Å². The summed E-state index contributed by atoms with van der Waals surface area (Å²) in [6, 6.07) is 13.4.